The van der Waals surface area contributed by atoms with Gasteiger partial charge in [-0.2, -0.15) is 0 Å². The molecule has 1 aromatic heterocycles. The van der Waals surface area contributed by atoms with Crippen LogP contribution in [0.1, 0.15) is 26.7 Å². The first-order valence-electron chi connectivity index (χ1n) is 7.56. The van der Waals surface area contributed by atoms with Gasteiger partial charge in [0.25, 0.3) is 6.43 Å². The minimum atomic E-state index is -2.87. The molecular weight excluding hydrogens is 320 g/mol. The standard InChI is InChI=1S/C16H19F2N3O3/c1-15(2,3)13-20-10-6-9(4-5-11(10)24-13)19-14(22)21-7-16(23,8-21)12(17)18/h4-6,12,23H,7-8H2,1-3H3,(H,19,22). The Morgan fingerprint density at radius 2 is 2.08 bits per heavy atom. The molecule has 1 aliphatic heterocycles. The molecule has 2 heterocycles. The minimum Gasteiger partial charge on any atom is -0.440 e. The smallest absolute Gasteiger partial charge is 0.322 e. The molecule has 6 nitrogen and oxygen atoms in total. The normalized spacial score (nSPS) is 17.2. The van der Waals surface area contributed by atoms with Gasteiger partial charge in [0.05, 0.1) is 13.1 Å². The third-order valence-corrected chi connectivity index (χ3v) is 3.90. The Labute approximate surface area is 137 Å². The summed E-state index contributed by atoms with van der Waals surface area (Å²) in [6.07, 6.45) is -2.87. The highest BCUT2D eigenvalue weighted by molar-refractivity contribution is 5.92. The van der Waals surface area contributed by atoms with E-state index < -0.39 is 31.1 Å². The summed E-state index contributed by atoms with van der Waals surface area (Å²) < 4.78 is 30.8. The van der Waals surface area contributed by atoms with E-state index >= 15 is 0 Å². The van der Waals surface area contributed by atoms with E-state index in [9.17, 15) is 18.7 Å². The van der Waals surface area contributed by atoms with Gasteiger partial charge in [-0.25, -0.2) is 18.6 Å². The number of aliphatic hydroxyl groups is 1. The highest BCUT2D eigenvalue weighted by Gasteiger charge is 2.50. The Morgan fingerprint density at radius 1 is 1.42 bits per heavy atom. The highest BCUT2D eigenvalue weighted by atomic mass is 19.3. The molecule has 8 heteroatoms. The number of nitrogens with zero attached hydrogens (tertiary/aromatic N) is 2. The lowest BCUT2D eigenvalue weighted by atomic mass is 9.95. The number of oxazole rings is 1. The number of alkyl halides is 2. The van der Waals surface area contributed by atoms with Crippen molar-refractivity contribution in [3.8, 4) is 0 Å². The third-order valence-electron chi connectivity index (χ3n) is 3.90. The fourth-order valence-electron chi connectivity index (χ4n) is 2.42. The van der Waals surface area contributed by atoms with Crippen molar-refractivity contribution in [1.82, 2.24) is 9.88 Å². The van der Waals surface area contributed by atoms with Gasteiger partial charge in [0.1, 0.15) is 5.52 Å². The van der Waals surface area contributed by atoms with Crippen molar-refractivity contribution < 1.29 is 23.1 Å². The lowest BCUT2D eigenvalue weighted by molar-refractivity contribution is -0.163. The van der Waals surface area contributed by atoms with Gasteiger partial charge in [-0.3, -0.25) is 0 Å². The number of carbonyl (C=O) groups is 1. The summed E-state index contributed by atoms with van der Waals surface area (Å²) in [7, 11) is 0. The summed E-state index contributed by atoms with van der Waals surface area (Å²) in [5, 5.41) is 12.1. The van der Waals surface area contributed by atoms with Crippen molar-refractivity contribution in [3.05, 3.63) is 24.1 Å². The van der Waals surface area contributed by atoms with Crippen LogP contribution in [0, 0.1) is 0 Å². The number of urea groups is 1. The van der Waals surface area contributed by atoms with E-state index in [-0.39, 0.29) is 5.41 Å². The molecule has 24 heavy (non-hydrogen) atoms. The first kappa shape index (κ1) is 16.6. The molecule has 0 unspecified atom stereocenters. The molecule has 1 aliphatic rings. The Kier molecular flexibility index (Phi) is 3.75. The molecule has 3 rings (SSSR count). The number of β-amino-alcohol motifs (C(OH)–C–C–N with tert-alkyl or cyclic N) is 1. The van der Waals surface area contributed by atoms with E-state index in [0.717, 1.165) is 4.90 Å². The summed E-state index contributed by atoms with van der Waals surface area (Å²) in [6, 6.07) is 4.46. The molecular formula is C16H19F2N3O3. The minimum absolute atomic E-state index is 0.236. The van der Waals surface area contributed by atoms with E-state index in [1.807, 2.05) is 20.8 Å². The number of amides is 2. The fraction of sp³-hybridized carbons (Fsp3) is 0.500. The Bertz CT molecular complexity index is 776. The van der Waals surface area contributed by atoms with Crippen LogP contribution in [-0.4, -0.2) is 46.1 Å². The third kappa shape index (κ3) is 2.93. The van der Waals surface area contributed by atoms with Gasteiger partial charge in [0.2, 0.25) is 5.89 Å². The van der Waals surface area contributed by atoms with E-state index in [1.165, 1.54) is 0 Å². The number of anilines is 1. The van der Waals surface area contributed by atoms with Gasteiger partial charge >= 0.3 is 6.03 Å². The van der Waals surface area contributed by atoms with E-state index in [2.05, 4.69) is 10.3 Å². The number of benzene rings is 1. The summed E-state index contributed by atoms with van der Waals surface area (Å²) in [5.41, 5.74) is -0.650. The molecule has 0 spiro atoms. The maximum absolute atomic E-state index is 12.6. The topological polar surface area (TPSA) is 78.6 Å². The predicted octanol–water partition coefficient (Wildman–Crippen LogP) is 2.97. The van der Waals surface area contributed by atoms with Crippen LogP contribution in [0.25, 0.3) is 11.1 Å². The predicted molar refractivity (Wildman–Crippen MR) is 84.3 cm³/mol. The lowest BCUT2D eigenvalue weighted by Gasteiger charge is -2.45. The summed E-state index contributed by atoms with van der Waals surface area (Å²) in [6.45, 7) is 5.16. The van der Waals surface area contributed by atoms with Gasteiger partial charge in [0, 0.05) is 11.1 Å². The largest absolute Gasteiger partial charge is 0.440 e. The van der Waals surface area contributed by atoms with E-state index in [1.54, 1.807) is 18.2 Å². The molecule has 1 aromatic carbocycles. The van der Waals surface area contributed by atoms with Crippen molar-refractivity contribution in [2.75, 3.05) is 18.4 Å². The number of hydrogen-bond acceptors (Lipinski definition) is 4. The SMILES string of the molecule is CC(C)(C)c1nc2cc(NC(=O)N3CC(O)(C(F)F)C3)ccc2o1. The monoisotopic (exact) mass is 339 g/mol. The second-order valence-corrected chi connectivity index (χ2v) is 7.14. The molecule has 0 radical (unpaired) electrons. The van der Waals surface area contributed by atoms with Gasteiger partial charge in [-0.15, -0.1) is 0 Å². The van der Waals surface area contributed by atoms with Gasteiger partial charge in [-0.1, -0.05) is 20.8 Å². The van der Waals surface area contributed by atoms with Crippen LogP contribution in [0.5, 0.6) is 0 Å². The molecule has 2 amide bonds. The van der Waals surface area contributed by atoms with Crippen molar-refractivity contribution in [2.24, 2.45) is 0 Å². The van der Waals surface area contributed by atoms with E-state index in [0.29, 0.717) is 22.7 Å². The van der Waals surface area contributed by atoms with Crippen LogP contribution in [0.3, 0.4) is 0 Å². The average Bonchev–Trinajstić information content (AvgIpc) is 2.86. The summed E-state index contributed by atoms with van der Waals surface area (Å²) in [4.78, 5) is 17.6. The Balaban J connectivity index is 1.71. The average molecular weight is 339 g/mol. The quantitative estimate of drug-likeness (QED) is 0.882. The van der Waals surface area contributed by atoms with Crippen LogP contribution in [0.4, 0.5) is 19.3 Å². The Morgan fingerprint density at radius 3 is 2.67 bits per heavy atom. The maximum Gasteiger partial charge on any atom is 0.322 e. The zero-order valence-corrected chi connectivity index (χ0v) is 13.6. The first-order chi connectivity index (χ1) is 11.1. The Hall–Kier alpha value is -2.22. The number of carbonyl (C=O) groups excluding carboxylic acids is 1. The zero-order valence-electron chi connectivity index (χ0n) is 13.6. The maximum atomic E-state index is 12.6. The van der Waals surface area contributed by atoms with Crippen LogP contribution >= 0.6 is 0 Å². The number of hydrogen-bond donors (Lipinski definition) is 2. The molecule has 1 fully saturated rings. The first-order valence-corrected chi connectivity index (χ1v) is 7.56. The zero-order chi connectivity index (χ0) is 17.7. The molecule has 0 saturated carbocycles. The van der Waals surface area contributed by atoms with Crippen molar-refractivity contribution >= 4 is 22.8 Å². The van der Waals surface area contributed by atoms with Gasteiger partial charge < -0.3 is 19.7 Å². The molecule has 2 aromatic rings. The van der Waals surface area contributed by atoms with Crippen LogP contribution in [-0.2, 0) is 5.41 Å². The second kappa shape index (κ2) is 5.41. The lowest BCUT2D eigenvalue weighted by Crippen LogP contribution is -2.67. The fourth-order valence-corrected chi connectivity index (χ4v) is 2.42. The highest BCUT2D eigenvalue weighted by Crippen LogP contribution is 2.29. The number of likely N-dealkylation sites (tertiary alicyclic amines) is 1. The van der Waals surface area contributed by atoms with Gasteiger partial charge in [-0.05, 0) is 18.2 Å². The van der Waals surface area contributed by atoms with Crippen LogP contribution in [0.15, 0.2) is 22.6 Å². The molecule has 0 bridgehead atoms. The molecule has 0 atom stereocenters. The summed E-state index contributed by atoms with van der Waals surface area (Å²) >= 11 is 0. The molecule has 1 saturated heterocycles. The van der Waals surface area contributed by atoms with Gasteiger partial charge in [0.15, 0.2) is 11.2 Å². The number of fused-ring (bicyclic) bond motifs is 1. The summed E-state index contributed by atoms with van der Waals surface area (Å²) in [5.74, 6) is 0.589. The molecule has 130 valence electrons. The number of rotatable bonds is 2. The van der Waals surface area contributed by atoms with E-state index in [4.69, 9.17) is 4.42 Å². The van der Waals surface area contributed by atoms with Crippen LogP contribution in [0.2, 0.25) is 0 Å². The van der Waals surface area contributed by atoms with Crippen molar-refractivity contribution in [1.29, 1.82) is 0 Å². The number of nitrogens with one attached hydrogen (secondary N) is 1. The molecule has 2 N–H and O–H groups in total. The van der Waals surface area contributed by atoms with Crippen LogP contribution < -0.4 is 5.32 Å². The number of aromatic nitrogens is 1. The van der Waals surface area contributed by atoms with Crippen molar-refractivity contribution in [2.45, 2.75) is 38.2 Å². The van der Waals surface area contributed by atoms with Crippen molar-refractivity contribution in [3.63, 3.8) is 0 Å². The second-order valence-electron chi connectivity index (χ2n) is 7.14. The molecule has 0 aliphatic carbocycles. The number of halogens is 2.